The molecule has 0 fully saturated rings. The van der Waals surface area contributed by atoms with E-state index in [1.807, 2.05) is 42.1 Å². The van der Waals surface area contributed by atoms with E-state index < -0.39 is 17.6 Å². The fourth-order valence-corrected chi connectivity index (χ4v) is 4.06. The van der Waals surface area contributed by atoms with Gasteiger partial charge < -0.3 is 9.67 Å². The van der Waals surface area contributed by atoms with Crippen molar-refractivity contribution in [3.63, 3.8) is 0 Å². The van der Waals surface area contributed by atoms with Crippen LogP contribution in [0.4, 0.5) is 0 Å². The Balaban J connectivity index is 1.60. The molecule has 4 rings (SSSR count). The number of aliphatic hydroxyl groups excluding tert-OH is 1. The molecule has 0 saturated heterocycles. The molecule has 0 saturated carbocycles. The minimum Gasteiger partial charge on any atom is -0.502 e. The highest BCUT2D eigenvalue weighted by Crippen LogP contribution is 2.34. The first-order valence-electron chi connectivity index (χ1n) is 8.66. The Hall–Kier alpha value is -2.76. The summed E-state index contributed by atoms with van der Waals surface area (Å²) in [7, 11) is 1.95. The van der Waals surface area contributed by atoms with Gasteiger partial charge in [0.2, 0.25) is 0 Å². The van der Waals surface area contributed by atoms with Crippen LogP contribution < -0.4 is 0 Å². The molecule has 1 aromatic heterocycles. The lowest BCUT2D eigenvalue weighted by Crippen LogP contribution is -2.33. The predicted molar refractivity (Wildman–Crippen MR) is 109 cm³/mol. The molecular formula is C21H16Cl2N2O3. The quantitative estimate of drug-likeness (QED) is 0.644. The van der Waals surface area contributed by atoms with Crippen molar-refractivity contribution in [3.8, 4) is 0 Å². The van der Waals surface area contributed by atoms with Gasteiger partial charge >= 0.3 is 0 Å². The summed E-state index contributed by atoms with van der Waals surface area (Å²) in [6.07, 6.45) is 2.47. The van der Waals surface area contributed by atoms with Gasteiger partial charge in [0.05, 0.1) is 10.6 Å². The summed E-state index contributed by atoms with van der Waals surface area (Å²) < 4.78 is 2.01. The minimum atomic E-state index is -0.716. The molecule has 0 unspecified atom stereocenters. The highest BCUT2D eigenvalue weighted by Gasteiger charge is 2.39. The Morgan fingerprint density at radius 3 is 2.54 bits per heavy atom. The summed E-state index contributed by atoms with van der Waals surface area (Å²) in [5.74, 6) is -1.87. The van der Waals surface area contributed by atoms with E-state index in [-0.39, 0.29) is 22.7 Å². The number of aryl methyl sites for hydroxylation is 1. The average molecular weight is 415 g/mol. The van der Waals surface area contributed by atoms with Crippen LogP contribution in [0.3, 0.4) is 0 Å². The summed E-state index contributed by atoms with van der Waals surface area (Å²) in [5.41, 5.74) is 2.29. The van der Waals surface area contributed by atoms with Crippen molar-refractivity contribution in [2.24, 2.45) is 7.05 Å². The number of aliphatic hydroxyl groups is 1. The van der Waals surface area contributed by atoms with Gasteiger partial charge in [0, 0.05) is 41.3 Å². The topological polar surface area (TPSA) is 62.5 Å². The molecule has 28 heavy (non-hydrogen) atoms. The Bertz CT molecular complexity index is 1160. The number of imide groups is 1. The molecule has 0 bridgehead atoms. The number of fused-ring (bicyclic) bond motifs is 1. The molecular weight excluding hydrogens is 399 g/mol. The number of rotatable bonds is 4. The van der Waals surface area contributed by atoms with Crippen LogP contribution in [0.15, 0.2) is 54.4 Å². The Morgan fingerprint density at radius 1 is 1.04 bits per heavy atom. The number of carbonyl (C=O) groups is 2. The Morgan fingerprint density at radius 2 is 1.79 bits per heavy atom. The zero-order chi connectivity index (χ0) is 20.0. The lowest BCUT2D eigenvalue weighted by atomic mass is 10.1. The van der Waals surface area contributed by atoms with Crippen molar-refractivity contribution in [1.29, 1.82) is 0 Å². The van der Waals surface area contributed by atoms with Crippen LogP contribution in [-0.4, -0.2) is 32.9 Å². The summed E-state index contributed by atoms with van der Waals surface area (Å²) in [5, 5.41) is 12.0. The largest absolute Gasteiger partial charge is 0.502 e. The maximum Gasteiger partial charge on any atom is 0.296 e. The van der Waals surface area contributed by atoms with Crippen molar-refractivity contribution in [2.75, 3.05) is 6.54 Å². The molecule has 1 aliphatic heterocycles. The van der Waals surface area contributed by atoms with Crippen LogP contribution >= 0.6 is 23.2 Å². The molecule has 0 spiro atoms. The van der Waals surface area contributed by atoms with E-state index in [1.165, 1.54) is 12.1 Å². The molecule has 2 amide bonds. The summed E-state index contributed by atoms with van der Waals surface area (Å²) in [4.78, 5) is 26.4. The number of benzene rings is 2. The minimum absolute atomic E-state index is 0.0930. The van der Waals surface area contributed by atoms with E-state index in [4.69, 9.17) is 23.2 Å². The number of hydrogen-bond donors (Lipinski definition) is 1. The lowest BCUT2D eigenvalue weighted by molar-refractivity contribution is -0.138. The number of hydrogen-bond acceptors (Lipinski definition) is 3. The third-order valence-electron chi connectivity index (χ3n) is 4.93. The van der Waals surface area contributed by atoms with E-state index in [0.717, 1.165) is 21.4 Å². The van der Waals surface area contributed by atoms with E-state index >= 15 is 0 Å². The SMILES string of the molecule is Cn1cc(CCN2C(=O)C(O)=C(c3ccc(Cl)cc3Cl)C2=O)c2ccccc21. The second-order valence-electron chi connectivity index (χ2n) is 6.64. The first-order valence-corrected chi connectivity index (χ1v) is 9.42. The van der Waals surface area contributed by atoms with Crippen molar-refractivity contribution in [2.45, 2.75) is 6.42 Å². The smallest absolute Gasteiger partial charge is 0.296 e. The van der Waals surface area contributed by atoms with Gasteiger partial charge in [-0.3, -0.25) is 14.5 Å². The van der Waals surface area contributed by atoms with Crippen molar-refractivity contribution in [1.82, 2.24) is 9.47 Å². The Labute approximate surface area is 171 Å². The number of nitrogens with zero attached hydrogens (tertiary/aromatic N) is 2. The fraction of sp³-hybridized carbons (Fsp3) is 0.143. The molecule has 0 aliphatic carbocycles. The van der Waals surface area contributed by atoms with E-state index in [9.17, 15) is 14.7 Å². The molecule has 1 aliphatic rings. The zero-order valence-electron chi connectivity index (χ0n) is 14.9. The first kappa shape index (κ1) is 18.6. The van der Waals surface area contributed by atoms with Gasteiger partial charge in [0.15, 0.2) is 5.76 Å². The highest BCUT2D eigenvalue weighted by atomic mass is 35.5. The predicted octanol–water partition coefficient (Wildman–Crippen LogP) is 4.37. The molecule has 5 nitrogen and oxygen atoms in total. The normalized spacial score (nSPS) is 14.6. The second-order valence-corrected chi connectivity index (χ2v) is 7.49. The molecule has 2 heterocycles. The Kier molecular flexibility index (Phi) is 4.65. The van der Waals surface area contributed by atoms with Crippen molar-refractivity contribution >= 4 is 51.5 Å². The van der Waals surface area contributed by atoms with Gasteiger partial charge in [0.25, 0.3) is 11.8 Å². The molecule has 7 heteroatoms. The second kappa shape index (κ2) is 7.00. The van der Waals surface area contributed by atoms with Gasteiger partial charge in [-0.25, -0.2) is 0 Å². The van der Waals surface area contributed by atoms with Gasteiger partial charge in [-0.1, -0.05) is 47.5 Å². The monoisotopic (exact) mass is 414 g/mol. The maximum atomic E-state index is 12.8. The van der Waals surface area contributed by atoms with Crippen LogP contribution in [-0.2, 0) is 23.1 Å². The van der Waals surface area contributed by atoms with Crippen LogP contribution in [0.25, 0.3) is 16.5 Å². The fourth-order valence-electron chi connectivity index (χ4n) is 3.56. The molecule has 0 atom stereocenters. The third-order valence-corrected chi connectivity index (χ3v) is 5.48. The van der Waals surface area contributed by atoms with E-state index in [2.05, 4.69) is 0 Å². The number of halogens is 2. The summed E-state index contributed by atoms with van der Waals surface area (Å²) in [6.45, 7) is 0.157. The van der Waals surface area contributed by atoms with Gasteiger partial charge in [-0.05, 0) is 30.2 Å². The average Bonchev–Trinajstić information content (AvgIpc) is 3.09. The number of carbonyl (C=O) groups excluding carboxylic acids is 2. The van der Waals surface area contributed by atoms with Gasteiger partial charge in [-0.15, -0.1) is 0 Å². The number of amides is 2. The van der Waals surface area contributed by atoms with Gasteiger partial charge in [0.1, 0.15) is 0 Å². The van der Waals surface area contributed by atoms with Crippen LogP contribution in [0, 0.1) is 0 Å². The van der Waals surface area contributed by atoms with Crippen LogP contribution in [0.5, 0.6) is 0 Å². The van der Waals surface area contributed by atoms with Crippen molar-refractivity contribution in [3.05, 3.63) is 75.6 Å². The van der Waals surface area contributed by atoms with E-state index in [1.54, 1.807) is 6.07 Å². The third kappa shape index (κ3) is 2.97. The van der Waals surface area contributed by atoms with E-state index in [0.29, 0.717) is 11.4 Å². The maximum absolute atomic E-state index is 12.8. The lowest BCUT2D eigenvalue weighted by Gasteiger charge is -2.14. The molecule has 2 aromatic carbocycles. The standard InChI is InChI=1S/C21H16Cl2N2O3/c1-24-11-12(14-4-2-3-5-17(14)24)8-9-25-20(27)18(19(26)21(25)28)15-7-6-13(22)10-16(15)23/h2-7,10-11,26H,8-9H2,1H3. The first-order chi connectivity index (χ1) is 13.4. The summed E-state index contributed by atoms with van der Waals surface area (Å²) >= 11 is 12.1. The number of aromatic nitrogens is 1. The zero-order valence-corrected chi connectivity index (χ0v) is 16.5. The molecule has 1 N–H and O–H groups in total. The van der Waals surface area contributed by atoms with Crippen molar-refractivity contribution < 1.29 is 14.7 Å². The molecule has 0 radical (unpaired) electrons. The van der Waals surface area contributed by atoms with Crippen LogP contribution in [0.1, 0.15) is 11.1 Å². The number of para-hydroxylation sites is 1. The summed E-state index contributed by atoms with van der Waals surface area (Å²) in [6, 6.07) is 12.5. The molecule has 142 valence electrons. The highest BCUT2D eigenvalue weighted by molar-refractivity contribution is 6.40. The molecule has 3 aromatic rings. The van der Waals surface area contributed by atoms with Crippen LogP contribution in [0.2, 0.25) is 10.0 Å². The van der Waals surface area contributed by atoms with Gasteiger partial charge in [-0.2, -0.15) is 0 Å².